The van der Waals surface area contributed by atoms with Crippen LogP contribution in [0.4, 0.5) is 0 Å². The van der Waals surface area contributed by atoms with Crippen LogP contribution in [0.5, 0.6) is 5.75 Å². The van der Waals surface area contributed by atoms with E-state index in [1.807, 2.05) is 38.1 Å². The largest absolute Gasteiger partial charge is 0.497 e. The number of carbonyl (C=O) groups excluding carboxylic acids is 1. The molecular weight excluding hydrogens is 204 g/mol. The molecule has 0 amide bonds. The standard InChI is InChI=1S/C13H18O3/c1-10(2)8-13(14)16-9-11-4-6-12(15-3)7-5-11/h4-7,10H,8-9H2,1-3H3. The molecule has 1 aromatic carbocycles. The number of esters is 1. The van der Waals surface area contributed by atoms with E-state index in [-0.39, 0.29) is 5.97 Å². The highest BCUT2D eigenvalue weighted by Crippen LogP contribution is 2.12. The molecule has 0 aromatic heterocycles. The Morgan fingerprint density at radius 1 is 1.25 bits per heavy atom. The first-order valence-corrected chi connectivity index (χ1v) is 5.40. The van der Waals surface area contributed by atoms with Crippen LogP contribution in [0.3, 0.4) is 0 Å². The summed E-state index contributed by atoms with van der Waals surface area (Å²) in [5, 5.41) is 0. The van der Waals surface area contributed by atoms with Gasteiger partial charge >= 0.3 is 5.97 Å². The average Bonchev–Trinajstić information content (AvgIpc) is 2.26. The van der Waals surface area contributed by atoms with Gasteiger partial charge in [-0.2, -0.15) is 0 Å². The number of hydrogen-bond acceptors (Lipinski definition) is 3. The van der Waals surface area contributed by atoms with Crippen LogP contribution >= 0.6 is 0 Å². The smallest absolute Gasteiger partial charge is 0.306 e. The fraction of sp³-hybridized carbons (Fsp3) is 0.462. The summed E-state index contributed by atoms with van der Waals surface area (Å²) in [6.45, 7) is 4.32. The number of ether oxygens (including phenoxy) is 2. The van der Waals surface area contributed by atoms with Crippen molar-refractivity contribution in [2.45, 2.75) is 26.9 Å². The second-order valence-corrected chi connectivity index (χ2v) is 4.11. The Balaban J connectivity index is 2.39. The van der Waals surface area contributed by atoms with Gasteiger partial charge in [0.15, 0.2) is 0 Å². The predicted molar refractivity (Wildman–Crippen MR) is 62.2 cm³/mol. The maximum absolute atomic E-state index is 11.3. The summed E-state index contributed by atoms with van der Waals surface area (Å²) in [4.78, 5) is 11.3. The second-order valence-electron chi connectivity index (χ2n) is 4.11. The van der Waals surface area contributed by atoms with E-state index >= 15 is 0 Å². The van der Waals surface area contributed by atoms with Gasteiger partial charge in [-0.05, 0) is 23.6 Å². The summed E-state index contributed by atoms with van der Waals surface area (Å²) in [5.41, 5.74) is 0.970. The minimum atomic E-state index is -0.147. The van der Waals surface area contributed by atoms with Crippen molar-refractivity contribution in [3.8, 4) is 5.75 Å². The molecule has 88 valence electrons. The van der Waals surface area contributed by atoms with Gasteiger partial charge in [-0.1, -0.05) is 26.0 Å². The SMILES string of the molecule is COc1ccc(COC(=O)CC(C)C)cc1. The molecule has 0 radical (unpaired) electrons. The Bertz CT molecular complexity index is 328. The molecule has 1 rings (SSSR count). The number of benzene rings is 1. The summed E-state index contributed by atoms with van der Waals surface area (Å²) in [5.74, 6) is 0.992. The monoisotopic (exact) mass is 222 g/mol. The molecule has 3 nitrogen and oxygen atoms in total. The molecule has 0 atom stereocenters. The lowest BCUT2D eigenvalue weighted by atomic mass is 10.1. The van der Waals surface area contributed by atoms with Gasteiger partial charge in [-0.3, -0.25) is 4.79 Å². The Kier molecular flexibility index (Phi) is 4.83. The highest BCUT2D eigenvalue weighted by atomic mass is 16.5. The molecule has 0 aliphatic rings. The minimum absolute atomic E-state index is 0.147. The quantitative estimate of drug-likeness (QED) is 0.719. The van der Waals surface area contributed by atoms with Gasteiger partial charge in [0.2, 0.25) is 0 Å². The molecule has 0 unspecified atom stereocenters. The predicted octanol–water partition coefficient (Wildman–Crippen LogP) is 2.78. The molecule has 3 heteroatoms. The zero-order valence-corrected chi connectivity index (χ0v) is 10.0. The lowest BCUT2D eigenvalue weighted by Crippen LogP contribution is -2.07. The van der Waals surface area contributed by atoms with Crippen LogP contribution in [0.25, 0.3) is 0 Å². The van der Waals surface area contributed by atoms with Crippen molar-refractivity contribution >= 4 is 5.97 Å². The molecule has 0 heterocycles. The third kappa shape index (κ3) is 4.34. The third-order valence-electron chi connectivity index (χ3n) is 2.13. The Hall–Kier alpha value is -1.51. The average molecular weight is 222 g/mol. The van der Waals surface area contributed by atoms with Crippen molar-refractivity contribution in [1.82, 2.24) is 0 Å². The van der Waals surface area contributed by atoms with E-state index in [9.17, 15) is 4.79 Å². The molecular formula is C13H18O3. The Morgan fingerprint density at radius 2 is 1.88 bits per heavy atom. The van der Waals surface area contributed by atoms with E-state index in [4.69, 9.17) is 9.47 Å². The molecule has 0 N–H and O–H groups in total. The molecule has 0 aliphatic carbocycles. The lowest BCUT2D eigenvalue weighted by molar-refractivity contribution is -0.145. The molecule has 0 bridgehead atoms. The first kappa shape index (κ1) is 12.6. The maximum Gasteiger partial charge on any atom is 0.306 e. The van der Waals surface area contributed by atoms with E-state index in [0.29, 0.717) is 18.9 Å². The number of carbonyl (C=O) groups is 1. The van der Waals surface area contributed by atoms with Crippen LogP contribution in [-0.2, 0) is 16.1 Å². The lowest BCUT2D eigenvalue weighted by Gasteiger charge is -2.07. The van der Waals surface area contributed by atoms with E-state index in [2.05, 4.69) is 0 Å². The number of methoxy groups -OCH3 is 1. The van der Waals surface area contributed by atoms with Gasteiger partial charge in [-0.25, -0.2) is 0 Å². The van der Waals surface area contributed by atoms with Crippen molar-refractivity contribution in [2.24, 2.45) is 5.92 Å². The second kappa shape index (κ2) is 6.16. The van der Waals surface area contributed by atoms with Gasteiger partial charge in [0, 0.05) is 6.42 Å². The highest BCUT2D eigenvalue weighted by molar-refractivity contribution is 5.69. The maximum atomic E-state index is 11.3. The van der Waals surface area contributed by atoms with Crippen molar-refractivity contribution in [2.75, 3.05) is 7.11 Å². The molecule has 0 aliphatic heterocycles. The normalized spacial score (nSPS) is 10.2. The van der Waals surface area contributed by atoms with Gasteiger partial charge in [-0.15, -0.1) is 0 Å². The van der Waals surface area contributed by atoms with Crippen LogP contribution in [0.15, 0.2) is 24.3 Å². The summed E-state index contributed by atoms with van der Waals surface area (Å²) < 4.78 is 10.2. The van der Waals surface area contributed by atoms with Gasteiger partial charge < -0.3 is 9.47 Å². The third-order valence-corrected chi connectivity index (χ3v) is 2.13. The molecule has 0 spiro atoms. The first-order chi connectivity index (χ1) is 7.61. The number of hydrogen-bond donors (Lipinski definition) is 0. The van der Waals surface area contributed by atoms with Crippen LogP contribution in [0, 0.1) is 5.92 Å². The van der Waals surface area contributed by atoms with Crippen LogP contribution in [0.1, 0.15) is 25.8 Å². The summed E-state index contributed by atoms with van der Waals surface area (Å²) in [6.07, 6.45) is 0.468. The molecule has 16 heavy (non-hydrogen) atoms. The van der Waals surface area contributed by atoms with E-state index in [1.165, 1.54) is 0 Å². The fourth-order valence-electron chi connectivity index (χ4n) is 1.28. The molecule has 0 saturated heterocycles. The summed E-state index contributed by atoms with van der Waals surface area (Å²) in [6, 6.07) is 7.49. The summed E-state index contributed by atoms with van der Waals surface area (Å²) >= 11 is 0. The molecule has 1 aromatic rings. The van der Waals surface area contributed by atoms with Crippen molar-refractivity contribution in [3.05, 3.63) is 29.8 Å². The van der Waals surface area contributed by atoms with E-state index in [0.717, 1.165) is 11.3 Å². The van der Waals surface area contributed by atoms with Gasteiger partial charge in [0.25, 0.3) is 0 Å². The first-order valence-electron chi connectivity index (χ1n) is 5.40. The van der Waals surface area contributed by atoms with Gasteiger partial charge in [0.1, 0.15) is 12.4 Å². The van der Waals surface area contributed by atoms with Crippen LogP contribution < -0.4 is 4.74 Å². The Morgan fingerprint density at radius 3 is 2.38 bits per heavy atom. The van der Waals surface area contributed by atoms with Crippen molar-refractivity contribution < 1.29 is 14.3 Å². The van der Waals surface area contributed by atoms with Crippen molar-refractivity contribution in [1.29, 1.82) is 0 Å². The summed E-state index contributed by atoms with van der Waals surface area (Å²) in [7, 11) is 1.62. The number of rotatable bonds is 5. The van der Waals surface area contributed by atoms with Crippen LogP contribution in [-0.4, -0.2) is 13.1 Å². The minimum Gasteiger partial charge on any atom is -0.497 e. The van der Waals surface area contributed by atoms with Crippen LogP contribution in [0.2, 0.25) is 0 Å². The van der Waals surface area contributed by atoms with E-state index < -0.39 is 0 Å². The Labute approximate surface area is 96.4 Å². The van der Waals surface area contributed by atoms with Gasteiger partial charge in [0.05, 0.1) is 7.11 Å². The fourth-order valence-corrected chi connectivity index (χ4v) is 1.28. The zero-order valence-electron chi connectivity index (χ0n) is 10.0. The molecule has 0 fully saturated rings. The highest BCUT2D eigenvalue weighted by Gasteiger charge is 2.06. The zero-order chi connectivity index (χ0) is 12.0. The molecule has 0 saturated carbocycles. The van der Waals surface area contributed by atoms with E-state index in [1.54, 1.807) is 7.11 Å². The topological polar surface area (TPSA) is 35.5 Å². The van der Waals surface area contributed by atoms with Crippen molar-refractivity contribution in [3.63, 3.8) is 0 Å².